The van der Waals surface area contributed by atoms with Crippen LogP contribution in [0.2, 0.25) is 0 Å². The van der Waals surface area contributed by atoms with Crippen molar-refractivity contribution in [3.05, 3.63) is 29.3 Å². The van der Waals surface area contributed by atoms with E-state index in [1.807, 2.05) is 12.1 Å². The molecule has 0 saturated heterocycles. The number of carbonyl (C=O) groups is 2. The van der Waals surface area contributed by atoms with Crippen LogP contribution in [0, 0.1) is 11.8 Å². The van der Waals surface area contributed by atoms with Crippen molar-refractivity contribution in [2.24, 2.45) is 11.8 Å². The van der Waals surface area contributed by atoms with Gasteiger partial charge in [0.05, 0.1) is 0 Å². The lowest BCUT2D eigenvalue weighted by atomic mass is 9.99. The molecule has 0 saturated carbocycles. The number of unbranched alkanes of at least 4 members (excludes halogenated alkanes) is 17. The predicted octanol–water partition coefficient (Wildman–Crippen LogP) is 12.3. The minimum absolute atomic E-state index is 0.0885. The number of hydrogen-bond donors (Lipinski definition) is 3. The van der Waals surface area contributed by atoms with Crippen molar-refractivity contribution in [3.8, 4) is 0 Å². The third-order valence-electron chi connectivity index (χ3n) is 10.0. The van der Waals surface area contributed by atoms with E-state index in [1.54, 1.807) is 6.07 Å². The molecule has 0 aliphatic heterocycles. The van der Waals surface area contributed by atoms with Gasteiger partial charge in [0.15, 0.2) is 0 Å². The second-order valence-corrected chi connectivity index (χ2v) is 14.3. The molecule has 0 aliphatic carbocycles. The van der Waals surface area contributed by atoms with Crippen LogP contribution in [0.4, 0.5) is 5.69 Å². The van der Waals surface area contributed by atoms with E-state index in [9.17, 15) is 9.59 Å². The van der Waals surface area contributed by atoms with Gasteiger partial charge in [-0.15, -0.1) is 0 Å². The Bertz CT molecular complexity index is 852. The second kappa shape index (κ2) is 30.1. The highest BCUT2D eigenvalue weighted by Crippen LogP contribution is 2.19. The van der Waals surface area contributed by atoms with Crippen molar-refractivity contribution in [1.82, 2.24) is 10.6 Å². The van der Waals surface area contributed by atoms with Crippen molar-refractivity contribution in [3.63, 3.8) is 0 Å². The lowest BCUT2D eigenvalue weighted by molar-refractivity contribution is 0.0945. The Kier molecular flexibility index (Phi) is 27.5. The molecule has 1 aromatic carbocycles. The van der Waals surface area contributed by atoms with Crippen molar-refractivity contribution in [2.45, 2.75) is 189 Å². The molecular weight excluding hydrogens is 578 g/mol. The molecule has 1 aromatic rings. The summed E-state index contributed by atoms with van der Waals surface area (Å²) >= 11 is 0. The molecule has 2 atom stereocenters. The molecule has 272 valence electrons. The maximum atomic E-state index is 13.3. The average molecular weight is 656 g/mol. The normalized spacial score (nSPS) is 12.5. The summed E-state index contributed by atoms with van der Waals surface area (Å²) in [7, 11) is 0. The minimum atomic E-state index is -0.0885. The SMILES string of the molecule is CCCCCCCCCCCCCCCCCCNc1cc(C(=O)NCC(CC)CCCC)cc(C(=O)NCC(CC)CCCC)c1. The van der Waals surface area contributed by atoms with Gasteiger partial charge in [-0.25, -0.2) is 0 Å². The molecule has 2 unspecified atom stereocenters. The van der Waals surface area contributed by atoms with E-state index in [-0.39, 0.29) is 11.8 Å². The number of benzene rings is 1. The molecular formula is C42H77N3O2. The smallest absolute Gasteiger partial charge is 0.251 e. The Morgan fingerprint density at radius 1 is 0.489 bits per heavy atom. The van der Waals surface area contributed by atoms with E-state index in [4.69, 9.17) is 0 Å². The van der Waals surface area contributed by atoms with Crippen LogP contribution < -0.4 is 16.0 Å². The maximum Gasteiger partial charge on any atom is 0.251 e. The van der Waals surface area contributed by atoms with Gasteiger partial charge in [0, 0.05) is 36.4 Å². The van der Waals surface area contributed by atoms with Crippen LogP contribution in [-0.2, 0) is 0 Å². The van der Waals surface area contributed by atoms with Gasteiger partial charge in [-0.05, 0) is 49.3 Å². The average Bonchev–Trinajstić information content (AvgIpc) is 3.09. The van der Waals surface area contributed by atoms with Crippen LogP contribution >= 0.6 is 0 Å². The van der Waals surface area contributed by atoms with E-state index in [2.05, 4.69) is 50.6 Å². The largest absolute Gasteiger partial charge is 0.385 e. The van der Waals surface area contributed by atoms with Crippen LogP contribution in [0.3, 0.4) is 0 Å². The van der Waals surface area contributed by atoms with Crippen molar-refractivity contribution >= 4 is 17.5 Å². The van der Waals surface area contributed by atoms with E-state index in [0.717, 1.165) is 44.3 Å². The molecule has 0 aromatic heterocycles. The number of carbonyl (C=O) groups excluding carboxylic acids is 2. The van der Waals surface area contributed by atoms with Gasteiger partial charge in [-0.2, -0.15) is 0 Å². The summed E-state index contributed by atoms with van der Waals surface area (Å²) in [5.74, 6) is 0.808. The molecule has 2 amide bonds. The van der Waals surface area contributed by atoms with E-state index < -0.39 is 0 Å². The van der Waals surface area contributed by atoms with Crippen LogP contribution in [0.1, 0.15) is 209 Å². The highest BCUT2D eigenvalue weighted by molar-refractivity contribution is 6.01. The Balaban J connectivity index is 2.52. The maximum absolute atomic E-state index is 13.3. The first-order valence-corrected chi connectivity index (χ1v) is 20.4. The van der Waals surface area contributed by atoms with Gasteiger partial charge in [0.2, 0.25) is 0 Å². The zero-order chi connectivity index (χ0) is 34.4. The van der Waals surface area contributed by atoms with Gasteiger partial charge in [0.1, 0.15) is 0 Å². The number of anilines is 1. The molecule has 0 aliphatic rings. The quantitative estimate of drug-likeness (QED) is 0.0676. The van der Waals surface area contributed by atoms with Gasteiger partial charge < -0.3 is 16.0 Å². The van der Waals surface area contributed by atoms with Gasteiger partial charge in [-0.3, -0.25) is 9.59 Å². The van der Waals surface area contributed by atoms with Gasteiger partial charge in [0.25, 0.3) is 11.8 Å². The van der Waals surface area contributed by atoms with E-state index >= 15 is 0 Å². The highest BCUT2D eigenvalue weighted by atomic mass is 16.2. The third kappa shape index (κ3) is 22.3. The topological polar surface area (TPSA) is 70.2 Å². The first-order chi connectivity index (χ1) is 23.0. The number of amides is 2. The minimum Gasteiger partial charge on any atom is -0.385 e. The van der Waals surface area contributed by atoms with Crippen LogP contribution in [0.25, 0.3) is 0 Å². The van der Waals surface area contributed by atoms with Crippen molar-refractivity contribution in [2.75, 3.05) is 25.0 Å². The van der Waals surface area contributed by atoms with E-state index in [1.165, 1.54) is 122 Å². The summed E-state index contributed by atoms with van der Waals surface area (Å²) < 4.78 is 0. The zero-order valence-corrected chi connectivity index (χ0v) is 31.8. The highest BCUT2D eigenvalue weighted by Gasteiger charge is 2.16. The number of nitrogens with one attached hydrogen (secondary N) is 3. The summed E-state index contributed by atoms with van der Waals surface area (Å²) in [5.41, 5.74) is 1.99. The van der Waals surface area contributed by atoms with Crippen LogP contribution in [0.5, 0.6) is 0 Å². The fourth-order valence-corrected chi connectivity index (χ4v) is 6.46. The molecule has 0 heterocycles. The molecule has 3 N–H and O–H groups in total. The van der Waals surface area contributed by atoms with Crippen molar-refractivity contribution < 1.29 is 9.59 Å². The molecule has 0 spiro atoms. The molecule has 0 radical (unpaired) electrons. The molecule has 0 fully saturated rings. The molecule has 1 rings (SSSR count). The van der Waals surface area contributed by atoms with Crippen molar-refractivity contribution in [1.29, 1.82) is 0 Å². The molecule has 0 bridgehead atoms. The standard InChI is InChI=1S/C42H77N3O2/c1-6-11-14-15-16-17-18-19-20-21-22-23-24-25-26-27-30-43-40-32-38(41(46)44-34-36(9-4)28-12-7-2)31-39(33-40)42(47)45-35-37(10-5)29-13-8-3/h31-33,36-37,43H,6-30,34-35H2,1-5H3,(H,44,46)(H,45,47). The first-order valence-electron chi connectivity index (χ1n) is 20.4. The molecule has 47 heavy (non-hydrogen) atoms. The predicted molar refractivity (Wildman–Crippen MR) is 206 cm³/mol. The summed E-state index contributed by atoms with van der Waals surface area (Å²) in [5, 5.41) is 9.86. The fraction of sp³-hybridized carbons (Fsp3) is 0.810. The Labute approximate surface area is 292 Å². The Morgan fingerprint density at radius 3 is 1.21 bits per heavy atom. The van der Waals surface area contributed by atoms with Crippen LogP contribution in [-0.4, -0.2) is 31.4 Å². The second-order valence-electron chi connectivity index (χ2n) is 14.3. The lowest BCUT2D eigenvalue weighted by Gasteiger charge is -2.17. The monoisotopic (exact) mass is 656 g/mol. The first kappa shape index (κ1) is 43.0. The number of hydrogen-bond acceptors (Lipinski definition) is 3. The Morgan fingerprint density at radius 2 is 0.851 bits per heavy atom. The summed E-state index contributed by atoms with van der Waals surface area (Å²) in [6, 6.07) is 5.60. The van der Waals surface area contributed by atoms with Gasteiger partial charge >= 0.3 is 0 Å². The lowest BCUT2D eigenvalue weighted by Crippen LogP contribution is -2.31. The molecule has 5 nitrogen and oxygen atoms in total. The number of rotatable bonds is 32. The Hall–Kier alpha value is -2.04. The fourth-order valence-electron chi connectivity index (χ4n) is 6.46. The van der Waals surface area contributed by atoms with E-state index in [0.29, 0.717) is 36.1 Å². The molecule has 5 heteroatoms. The third-order valence-corrected chi connectivity index (χ3v) is 10.0. The van der Waals surface area contributed by atoms with Crippen LogP contribution in [0.15, 0.2) is 18.2 Å². The summed E-state index contributed by atoms with van der Waals surface area (Å²) in [6.45, 7) is 13.3. The zero-order valence-electron chi connectivity index (χ0n) is 31.8. The summed E-state index contributed by atoms with van der Waals surface area (Å²) in [6.07, 6.45) is 30.9. The van der Waals surface area contributed by atoms with Gasteiger partial charge in [-0.1, -0.05) is 169 Å². The summed E-state index contributed by atoms with van der Waals surface area (Å²) in [4.78, 5) is 26.5.